The monoisotopic (exact) mass is 641 g/mol. The molecule has 11 heteroatoms. The van der Waals surface area contributed by atoms with Crippen LogP contribution < -0.4 is 34.9 Å². The summed E-state index contributed by atoms with van der Waals surface area (Å²) in [6.45, 7) is 1.78. The fourth-order valence-corrected chi connectivity index (χ4v) is 5.19. The Kier molecular flexibility index (Phi) is 11.7. The van der Waals surface area contributed by atoms with Crippen molar-refractivity contribution in [2.75, 3.05) is 39.1 Å². The molecule has 0 aromatic heterocycles. The zero-order valence-corrected chi connectivity index (χ0v) is 26.9. The second-order valence-electron chi connectivity index (χ2n) is 9.82. The summed E-state index contributed by atoms with van der Waals surface area (Å²) < 4.78 is 21.3. The lowest BCUT2D eigenvalue weighted by Crippen LogP contribution is -2.30. The van der Waals surface area contributed by atoms with Crippen molar-refractivity contribution >= 4 is 46.9 Å². The molecule has 0 saturated heterocycles. The van der Waals surface area contributed by atoms with Crippen LogP contribution in [0, 0.1) is 0 Å². The molecule has 0 saturated carbocycles. The van der Waals surface area contributed by atoms with Gasteiger partial charge >= 0.3 is 0 Å². The van der Waals surface area contributed by atoms with Gasteiger partial charge in [0.15, 0.2) is 0 Å². The Morgan fingerprint density at radius 2 is 1.39 bits per heavy atom. The van der Waals surface area contributed by atoms with E-state index in [0.717, 1.165) is 4.90 Å². The van der Waals surface area contributed by atoms with Crippen LogP contribution in [0.25, 0.3) is 6.08 Å². The SMILES string of the molecule is COc1cc(NC(=O)C(C)Sc2cccc(NC(=O)/C(=C\c3ccc(OC)cc3OC)NC(=O)c3ccccc3)c2)cc(OC)c1. The molecule has 1 unspecified atom stereocenters. The number of carbonyl (C=O) groups is 3. The molecule has 4 rings (SSSR count). The van der Waals surface area contributed by atoms with Gasteiger partial charge in [0.25, 0.3) is 11.8 Å². The lowest BCUT2D eigenvalue weighted by Gasteiger charge is -2.15. The highest BCUT2D eigenvalue weighted by Gasteiger charge is 2.19. The van der Waals surface area contributed by atoms with Gasteiger partial charge in [-0.15, -0.1) is 11.8 Å². The smallest absolute Gasteiger partial charge is 0.272 e. The third kappa shape index (κ3) is 9.05. The van der Waals surface area contributed by atoms with Crippen LogP contribution in [0.3, 0.4) is 0 Å². The summed E-state index contributed by atoms with van der Waals surface area (Å²) in [7, 11) is 6.13. The molecule has 0 bridgehead atoms. The summed E-state index contributed by atoms with van der Waals surface area (Å²) in [4.78, 5) is 40.4. The van der Waals surface area contributed by atoms with Crippen molar-refractivity contribution < 1.29 is 33.3 Å². The molecule has 3 amide bonds. The van der Waals surface area contributed by atoms with Crippen LogP contribution in [-0.4, -0.2) is 51.4 Å². The number of anilines is 2. The van der Waals surface area contributed by atoms with Crippen LogP contribution in [0.15, 0.2) is 102 Å². The van der Waals surface area contributed by atoms with E-state index in [9.17, 15) is 14.4 Å². The van der Waals surface area contributed by atoms with Crippen molar-refractivity contribution in [1.29, 1.82) is 0 Å². The Bertz CT molecular complexity index is 1700. The molecule has 0 heterocycles. The predicted octanol–water partition coefficient (Wildman–Crippen LogP) is 6.25. The van der Waals surface area contributed by atoms with E-state index in [4.69, 9.17) is 18.9 Å². The molecule has 0 fully saturated rings. The zero-order valence-electron chi connectivity index (χ0n) is 26.1. The minimum absolute atomic E-state index is 0.00293. The van der Waals surface area contributed by atoms with Gasteiger partial charge in [0.05, 0.1) is 33.7 Å². The molecule has 0 spiro atoms. The highest BCUT2D eigenvalue weighted by Crippen LogP contribution is 2.30. The first-order chi connectivity index (χ1) is 22.2. The summed E-state index contributed by atoms with van der Waals surface area (Å²) in [5, 5.41) is 8.00. The Labute approximate surface area is 272 Å². The van der Waals surface area contributed by atoms with E-state index in [1.165, 1.54) is 39.2 Å². The number of thioether (sulfide) groups is 1. The number of carbonyl (C=O) groups excluding carboxylic acids is 3. The van der Waals surface area contributed by atoms with Crippen LogP contribution in [0.4, 0.5) is 11.4 Å². The Balaban J connectivity index is 1.52. The van der Waals surface area contributed by atoms with Gasteiger partial charge in [-0.3, -0.25) is 14.4 Å². The van der Waals surface area contributed by atoms with Crippen LogP contribution in [0.2, 0.25) is 0 Å². The molecule has 238 valence electrons. The molecule has 3 N–H and O–H groups in total. The van der Waals surface area contributed by atoms with Crippen LogP contribution >= 0.6 is 11.8 Å². The number of hydrogen-bond donors (Lipinski definition) is 3. The first-order valence-corrected chi connectivity index (χ1v) is 15.0. The van der Waals surface area contributed by atoms with Crippen LogP contribution in [-0.2, 0) is 9.59 Å². The molecule has 46 heavy (non-hydrogen) atoms. The molecule has 4 aromatic carbocycles. The van der Waals surface area contributed by atoms with E-state index in [1.54, 1.807) is 99.0 Å². The largest absolute Gasteiger partial charge is 0.497 e. The van der Waals surface area contributed by atoms with Gasteiger partial charge in [-0.2, -0.15) is 0 Å². The molecular formula is C35H35N3O7S. The zero-order chi connectivity index (χ0) is 33.1. The minimum Gasteiger partial charge on any atom is -0.497 e. The lowest BCUT2D eigenvalue weighted by atomic mass is 10.1. The van der Waals surface area contributed by atoms with Gasteiger partial charge in [0, 0.05) is 51.7 Å². The van der Waals surface area contributed by atoms with Crippen molar-refractivity contribution in [2.24, 2.45) is 0 Å². The molecular weight excluding hydrogens is 606 g/mol. The molecule has 0 aliphatic rings. The van der Waals surface area contributed by atoms with E-state index in [1.807, 2.05) is 6.07 Å². The molecule has 0 aliphatic heterocycles. The summed E-state index contributed by atoms with van der Waals surface area (Å²) in [6.07, 6.45) is 1.53. The molecule has 4 aromatic rings. The van der Waals surface area contributed by atoms with Crippen molar-refractivity contribution in [2.45, 2.75) is 17.1 Å². The number of benzene rings is 4. The van der Waals surface area contributed by atoms with Crippen molar-refractivity contribution in [3.8, 4) is 23.0 Å². The Morgan fingerprint density at radius 3 is 2.04 bits per heavy atom. The molecule has 10 nitrogen and oxygen atoms in total. The lowest BCUT2D eigenvalue weighted by molar-refractivity contribution is -0.115. The number of hydrogen-bond acceptors (Lipinski definition) is 8. The predicted molar refractivity (Wildman–Crippen MR) is 180 cm³/mol. The number of methoxy groups -OCH3 is 4. The minimum atomic E-state index is -0.554. The van der Waals surface area contributed by atoms with Crippen molar-refractivity contribution in [3.05, 3.63) is 108 Å². The molecule has 0 radical (unpaired) electrons. The summed E-state index contributed by atoms with van der Waals surface area (Å²) in [6, 6.07) is 25.9. The molecule has 1 atom stereocenters. The summed E-state index contributed by atoms with van der Waals surface area (Å²) in [5.74, 6) is 0.909. The topological polar surface area (TPSA) is 124 Å². The maximum atomic E-state index is 13.6. The van der Waals surface area contributed by atoms with E-state index < -0.39 is 17.1 Å². The second kappa shape index (κ2) is 16.1. The fraction of sp³-hybridized carbons (Fsp3) is 0.171. The van der Waals surface area contributed by atoms with Crippen LogP contribution in [0.5, 0.6) is 23.0 Å². The van der Waals surface area contributed by atoms with E-state index >= 15 is 0 Å². The quantitative estimate of drug-likeness (QED) is 0.116. The van der Waals surface area contributed by atoms with E-state index in [-0.39, 0.29) is 11.6 Å². The van der Waals surface area contributed by atoms with Gasteiger partial charge in [0.1, 0.15) is 28.7 Å². The third-order valence-corrected chi connectivity index (χ3v) is 7.76. The number of amides is 3. The Morgan fingerprint density at radius 1 is 0.696 bits per heavy atom. The van der Waals surface area contributed by atoms with Gasteiger partial charge in [-0.25, -0.2) is 0 Å². The average Bonchev–Trinajstić information content (AvgIpc) is 3.08. The summed E-state index contributed by atoms with van der Waals surface area (Å²) in [5.41, 5.74) is 1.96. The standard InChI is InChI=1S/C35H35N3O7S/c1-22(33(39)37-26-17-28(43-3)20-29(18-26)44-4)46-30-13-9-12-25(19-30)36-35(41)31(38-34(40)23-10-7-6-8-11-23)16-24-14-15-27(42-2)21-32(24)45-5/h6-22H,1-5H3,(H,36,41)(H,37,39)(H,38,40)/b31-16+. The number of ether oxygens (including phenoxy) is 4. The first-order valence-electron chi connectivity index (χ1n) is 14.1. The van der Waals surface area contributed by atoms with Gasteiger partial charge in [-0.05, 0) is 55.5 Å². The van der Waals surface area contributed by atoms with Gasteiger partial charge in [-0.1, -0.05) is 24.3 Å². The highest BCUT2D eigenvalue weighted by molar-refractivity contribution is 8.00. The maximum absolute atomic E-state index is 13.6. The van der Waals surface area contributed by atoms with Crippen molar-refractivity contribution in [3.63, 3.8) is 0 Å². The highest BCUT2D eigenvalue weighted by atomic mass is 32.2. The maximum Gasteiger partial charge on any atom is 0.272 e. The fourth-order valence-electron chi connectivity index (χ4n) is 4.26. The first kappa shape index (κ1) is 33.5. The average molecular weight is 642 g/mol. The number of rotatable bonds is 13. The normalized spacial score (nSPS) is 11.5. The van der Waals surface area contributed by atoms with E-state index in [0.29, 0.717) is 45.5 Å². The van der Waals surface area contributed by atoms with Crippen LogP contribution in [0.1, 0.15) is 22.8 Å². The van der Waals surface area contributed by atoms with Gasteiger partial charge in [0.2, 0.25) is 5.91 Å². The second-order valence-corrected chi connectivity index (χ2v) is 11.2. The Hall–Kier alpha value is -5.42. The number of nitrogens with one attached hydrogen (secondary N) is 3. The van der Waals surface area contributed by atoms with E-state index in [2.05, 4.69) is 16.0 Å². The summed E-state index contributed by atoms with van der Waals surface area (Å²) >= 11 is 1.32. The molecule has 0 aliphatic carbocycles. The van der Waals surface area contributed by atoms with Gasteiger partial charge < -0.3 is 34.9 Å². The third-order valence-electron chi connectivity index (χ3n) is 6.66. The van der Waals surface area contributed by atoms with Crippen molar-refractivity contribution in [1.82, 2.24) is 5.32 Å².